The number of benzene rings is 2. The molecule has 2 aromatic carbocycles. The van der Waals surface area contributed by atoms with Gasteiger partial charge in [0.1, 0.15) is 5.75 Å². The first-order valence-electron chi connectivity index (χ1n) is 6.38. The number of ether oxygens (including phenoxy) is 2. The Labute approximate surface area is 120 Å². The summed E-state index contributed by atoms with van der Waals surface area (Å²) in [5, 5.41) is 11.8. The van der Waals surface area contributed by atoms with Crippen LogP contribution in [0.3, 0.4) is 0 Å². The molecule has 0 atom stereocenters. The van der Waals surface area contributed by atoms with Crippen LogP contribution in [0, 0.1) is 6.92 Å². The van der Waals surface area contributed by atoms with Crippen LogP contribution in [0.1, 0.15) is 5.56 Å². The SMILES string of the molecule is COc1ccc2c(=O)oc3c(OC)c(O)cc(C)c3c2c1. The average Bonchev–Trinajstić information content (AvgIpc) is 2.46. The molecule has 0 aliphatic carbocycles. The Bertz CT molecular complexity index is 908. The van der Waals surface area contributed by atoms with Gasteiger partial charge in [0, 0.05) is 10.8 Å². The third kappa shape index (κ3) is 1.89. The zero-order valence-corrected chi connectivity index (χ0v) is 11.9. The molecule has 0 saturated carbocycles. The molecule has 5 heteroatoms. The smallest absolute Gasteiger partial charge is 0.344 e. The van der Waals surface area contributed by atoms with Gasteiger partial charge >= 0.3 is 5.63 Å². The Morgan fingerprint density at radius 2 is 1.86 bits per heavy atom. The highest BCUT2D eigenvalue weighted by Gasteiger charge is 2.17. The second-order valence-corrected chi connectivity index (χ2v) is 4.75. The van der Waals surface area contributed by atoms with Gasteiger partial charge < -0.3 is 19.0 Å². The fourth-order valence-electron chi connectivity index (χ4n) is 2.56. The monoisotopic (exact) mass is 286 g/mol. The van der Waals surface area contributed by atoms with Gasteiger partial charge in [-0.2, -0.15) is 0 Å². The number of methoxy groups -OCH3 is 2. The van der Waals surface area contributed by atoms with Gasteiger partial charge in [-0.1, -0.05) is 0 Å². The largest absolute Gasteiger partial charge is 0.504 e. The van der Waals surface area contributed by atoms with E-state index in [1.807, 2.05) is 6.92 Å². The van der Waals surface area contributed by atoms with Crippen molar-refractivity contribution in [3.63, 3.8) is 0 Å². The van der Waals surface area contributed by atoms with Gasteiger partial charge in [-0.25, -0.2) is 4.79 Å². The van der Waals surface area contributed by atoms with Crippen LogP contribution >= 0.6 is 0 Å². The number of aromatic hydroxyl groups is 1. The van der Waals surface area contributed by atoms with Crippen LogP contribution in [0.15, 0.2) is 33.5 Å². The quantitative estimate of drug-likeness (QED) is 0.579. The van der Waals surface area contributed by atoms with Crippen molar-refractivity contribution in [3.05, 3.63) is 40.2 Å². The molecule has 0 radical (unpaired) electrons. The molecule has 3 aromatic rings. The van der Waals surface area contributed by atoms with Gasteiger partial charge in [0.25, 0.3) is 0 Å². The normalized spacial score (nSPS) is 11.0. The number of phenolic OH excluding ortho intramolecular Hbond substituents is 1. The van der Waals surface area contributed by atoms with Crippen LogP contribution in [-0.2, 0) is 0 Å². The van der Waals surface area contributed by atoms with E-state index in [4.69, 9.17) is 13.9 Å². The van der Waals surface area contributed by atoms with Crippen molar-refractivity contribution in [2.75, 3.05) is 14.2 Å². The number of rotatable bonds is 2. The molecule has 0 unspecified atom stereocenters. The first-order chi connectivity index (χ1) is 10.1. The van der Waals surface area contributed by atoms with Crippen LogP contribution in [0.2, 0.25) is 0 Å². The number of phenols is 1. The van der Waals surface area contributed by atoms with Gasteiger partial charge in [0.15, 0.2) is 11.3 Å². The number of fused-ring (bicyclic) bond motifs is 3. The first kappa shape index (κ1) is 13.3. The Kier molecular flexibility index (Phi) is 2.97. The molecule has 21 heavy (non-hydrogen) atoms. The summed E-state index contributed by atoms with van der Waals surface area (Å²) in [6.45, 7) is 1.83. The van der Waals surface area contributed by atoms with E-state index >= 15 is 0 Å². The van der Waals surface area contributed by atoms with Crippen molar-refractivity contribution < 1.29 is 19.0 Å². The number of hydrogen-bond acceptors (Lipinski definition) is 5. The van der Waals surface area contributed by atoms with E-state index in [2.05, 4.69) is 0 Å². The Balaban J connectivity index is 2.62. The van der Waals surface area contributed by atoms with E-state index < -0.39 is 5.63 Å². The minimum atomic E-state index is -0.483. The van der Waals surface area contributed by atoms with Gasteiger partial charge in [-0.3, -0.25) is 0 Å². The third-order valence-electron chi connectivity index (χ3n) is 3.53. The fourth-order valence-corrected chi connectivity index (χ4v) is 2.56. The lowest BCUT2D eigenvalue weighted by Gasteiger charge is -2.11. The molecule has 0 aliphatic heterocycles. The molecule has 1 heterocycles. The molecular weight excluding hydrogens is 272 g/mol. The molecule has 0 spiro atoms. The lowest BCUT2D eigenvalue weighted by atomic mass is 10.0. The van der Waals surface area contributed by atoms with E-state index in [1.165, 1.54) is 7.11 Å². The topological polar surface area (TPSA) is 68.9 Å². The summed E-state index contributed by atoms with van der Waals surface area (Å²) in [6, 6.07) is 6.73. The molecule has 5 nitrogen and oxygen atoms in total. The van der Waals surface area contributed by atoms with Gasteiger partial charge in [0.2, 0.25) is 5.75 Å². The first-order valence-corrected chi connectivity index (χ1v) is 6.38. The Morgan fingerprint density at radius 3 is 2.52 bits per heavy atom. The maximum atomic E-state index is 12.1. The van der Waals surface area contributed by atoms with Gasteiger partial charge in [-0.05, 0) is 36.8 Å². The van der Waals surface area contributed by atoms with E-state index in [-0.39, 0.29) is 17.1 Å². The summed E-state index contributed by atoms with van der Waals surface area (Å²) in [5.41, 5.74) is 0.537. The molecule has 0 bridgehead atoms. The van der Waals surface area contributed by atoms with Crippen LogP contribution in [0.25, 0.3) is 21.7 Å². The lowest BCUT2D eigenvalue weighted by Crippen LogP contribution is -2.02. The molecule has 0 amide bonds. The summed E-state index contributed by atoms with van der Waals surface area (Å²) in [7, 11) is 2.98. The average molecular weight is 286 g/mol. The maximum Gasteiger partial charge on any atom is 0.344 e. The van der Waals surface area contributed by atoms with E-state index in [0.29, 0.717) is 16.5 Å². The number of aryl methyl sites for hydroxylation is 1. The molecule has 0 fully saturated rings. The van der Waals surface area contributed by atoms with Crippen LogP contribution in [0.4, 0.5) is 0 Å². The predicted octanol–water partition coefficient (Wildman–Crippen LogP) is 2.98. The molecular formula is C16H14O5. The van der Waals surface area contributed by atoms with Crippen molar-refractivity contribution in [2.24, 2.45) is 0 Å². The zero-order valence-electron chi connectivity index (χ0n) is 11.9. The molecule has 0 saturated heterocycles. The van der Waals surface area contributed by atoms with Crippen LogP contribution in [-0.4, -0.2) is 19.3 Å². The van der Waals surface area contributed by atoms with Crippen molar-refractivity contribution in [3.8, 4) is 17.2 Å². The Morgan fingerprint density at radius 1 is 1.10 bits per heavy atom. The van der Waals surface area contributed by atoms with E-state index in [0.717, 1.165) is 10.9 Å². The van der Waals surface area contributed by atoms with Gasteiger partial charge in [-0.15, -0.1) is 0 Å². The molecule has 0 aliphatic rings. The Hall–Kier alpha value is -2.69. The zero-order chi connectivity index (χ0) is 15.1. The van der Waals surface area contributed by atoms with Gasteiger partial charge in [0.05, 0.1) is 19.6 Å². The second kappa shape index (κ2) is 4.70. The lowest BCUT2D eigenvalue weighted by molar-refractivity contribution is 0.369. The molecule has 1 N–H and O–H groups in total. The fraction of sp³-hybridized carbons (Fsp3) is 0.188. The summed E-state index contributed by atoms with van der Waals surface area (Å²) in [6.07, 6.45) is 0. The van der Waals surface area contributed by atoms with E-state index in [1.54, 1.807) is 31.4 Å². The molecule has 3 rings (SSSR count). The summed E-state index contributed by atoms with van der Waals surface area (Å²) in [5.74, 6) is 0.728. The van der Waals surface area contributed by atoms with Crippen LogP contribution < -0.4 is 15.1 Å². The standard InChI is InChI=1S/C16H14O5/c1-8-6-12(17)14(20-3)15-13(8)11-7-9(19-2)4-5-10(11)16(18)21-15/h4-7,17H,1-3H3. The summed E-state index contributed by atoms with van der Waals surface area (Å²) in [4.78, 5) is 12.1. The maximum absolute atomic E-state index is 12.1. The highest BCUT2D eigenvalue weighted by molar-refractivity contribution is 6.08. The summed E-state index contributed by atoms with van der Waals surface area (Å²) >= 11 is 0. The third-order valence-corrected chi connectivity index (χ3v) is 3.53. The van der Waals surface area contributed by atoms with Crippen LogP contribution in [0.5, 0.6) is 17.2 Å². The van der Waals surface area contributed by atoms with Crippen molar-refractivity contribution >= 4 is 21.7 Å². The van der Waals surface area contributed by atoms with Crippen molar-refractivity contribution in [1.82, 2.24) is 0 Å². The molecule has 108 valence electrons. The minimum absolute atomic E-state index is 0.0621. The number of hydrogen-bond donors (Lipinski definition) is 1. The highest BCUT2D eigenvalue weighted by atomic mass is 16.5. The van der Waals surface area contributed by atoms with Crippen molar-refractivity contribution in [1.29, 1.82) is 0 Å². The molecule has 1 aromatic heterocycles. The predicted molar refractivity (Wildman–Crippen MR) is 79.5 cm³/mol. The second-order valence-electron chi connectivity index (χ2n) is 4.75. The minimum Gasteiger partial charge on any atom is -0.504 e. The van der Waals surface area contributed by atoms with E-state index in [9.17, 15) is 9.90 Å². The summed E-state index contributed by atoms with van der Waals surface area (Å²) < 4.78 is 15.7. The highest BCUT2D eigenvalue weighted by Crippen LogP contribution is 2.39. The van der Waals surface area contributed by atoms with Crippen molar-refractivity contribution in [2.45, 2.75) is 6.92 Å².